The molecule has 202 valence electrons. The van der Waals surface area contributed by atoms with Crippen LogP contribution in [0.4, 0.5) is 14.5 Å². The van der Waals surface area contributed by atoms with Gasteiger partial charge in [0.15, 0.2) is 0 Å². The number of rotatable bonds is 11. The van der Waals surface area contributed by atoms with Crippen LogP contribution in [0.15, 0.2) is 60.7 Å². The predicted octanol–water partition coefficient (Wildman–Crippen LogP) is 5.12. The smallest absolute Gasteiger partial charge is 0.233 e. The summed E-state index contributed by atoms with van der Waals surface area (Å²) in [5.74, 6) is -2.60. The van der Waals surface area contributed by atoms with Crippen LogP contribution >= 0.6 is 23.2 Å². The van der Waals surface area contributed by atoms with Crippen molar-refractivity contribution in [2.45, 2.75) is 44.9 Å². The number of nitrogens with two attached hydrogens (primary N) is 1. The third-order valence-electron chi connectivity index (χ3n) is 5.94. The second-order valence-corrected chi connectivity index (χ2v) is 9.83. The highest BCUT2D eigenvalue weighted by atomic mass is 35.5. The van der Waals surface area contributed by atoms with Crippen LogP contribution in [-0.4, -0.2) is 40.5 Å². The van der Waals surface area contributed by atoms with Gasteiger partial charge < -0.3 is 21.1 Å². The number of aryl methyl sites for hydroxylation is 1. The summed E-state index contributed by atoms with van der Waals surface area (Å²) >= 11 is 11.9. The molecule has 0 aliphatic carbocycles. The van der Waals surface area contributed by atoms with E-state index in [0.717, 1.165) is 35.7 Å². The minimum absolute atomic E-state index is 0.0129. The van der Waals surface area contributed by atoms with Crippen molar-refractivity contribution in [3.05, 3.63) is 99.0 Å². The summed E-state index contributed by atoms with van der Waals surface area (Å²) in [5, 5.41) is 14.0. The maximum absolute atomic E-state index is 13.6. The average Bonchev–Trinajstić information content (AvgIpc) is 2.85. The van der Waals surface area contributed by atoms with Crippen molar-refractivity contribution in [1.29, 1.82) is 0 Å². The molecule has 3 rings (SSSR count). The van der Waals surface area contributed by atoms with Crippen LogP contribution in [0.1, 0.15) is 30.0 Å². The highest BCUT2D eigenvalue weighted by Gasteiger charge is 2.25. The van der Waals surface area contributed by atoms with Gasteiger partial charge in [0.25, 0.3) is 0 Å². The van der Waals surface area contributed by atoms with Crippen LogP contribution < -0.4 is 11.1 Å². The topological polar surface area (TPSA) is 95.7 Å². The third-order valence-corrected chi connectivity index (χ3v) is 6.68. The van der Waals surface area contributed by atoms with E-state index >= 15 is 0 Å². The predicted molar refractivity (Wildman–Crippen MR) is 145 cm³/mol. The first-order valence-corrected chi connectivity index (χ1v) is 12.8. The molecule has 3 aromatic rings. The molecule has 10 heteroatoms. The minimum Gasteiger partial charge on any atom is -0.390 e. The molecule has 6 nitrogen and oxygen atoms in total. The molecule has 0 fully saturated rings. The number of hydrogen-bond donors (Lipinski definition) is 3. The van der Waals surface area contributed by atoms with Gasteiger partial charge in [-0.15, -0.1) is 0 Å². The molecule has 0 unspecified atom stereocenters. The van der Waals surface area contributed by atoms with E-state index in [1.165, 1.54) is 17.0 Å². The lowest BCUT2D eigenvalue weighted by Crippen LogP contribution is -2.46. The summed E-state index contributed by atoms with van der Waals surface area (Å²) in [6.07, 6.45) is -0.935. The van der Waals surface area contributed by atoms with Crippen LogP contribution in [0.2, 0.25) is 10.0 Å². The lowest BCUT2D eigenvalue weighted by molar-refractivity contribution is -0.136. The van der Waals surface area contributed by atoms with Crippen LogP contribution in [0, 0.1) is 11.6 Å². The molecule has 4 N–H and O–H groups in total. The molecule has 2 atom stereocenters. The first-order valence-electron chi connectivity index (χ1n) is 12.0. The lowest BCUT2D eigenvalue weighted by Gasteiger charge is -2.28. The highest BCUT2D eigenvalue weighted by Crippen LogP contribution is 2.25. The molecule has 0 saturated carbocycles. The van der Waals surface area contributed by atoms with Gasteiger partial charge >= 0.3 is 0 Å². The summed E-state index contributed by atoms with van der Waals surface area (Å²) in [7, 11) is 0. The summed E-state index contributed by atoms with van der Waals surface area (Å²) in [6, 6.07) is 14.3. The normalized spacial score (nSPS) is 12.6. The number of halogens is 4. The molecule has 0 radical (unpaired) electrons. The van der Waals surface area contributed by atoms with Crippen LogP contribution in [0.5, 0.6) is 0 Å². The van der Waals surface area contributed by atoms with E-state index in [9.17, 15) is 23.5 Å². The van der Waals surface area contributed by atoms with Gasteiger partial charge in [0.1, 0.15) is 18.1 Å². The molecular weight excluding hydrogens is 535 g/mol. The molecule has 2 amide bonds. The summed E-state index contributed by atoms with van der Waals surface area (Å²) < 4.78 is 27.1. The third kappa shape index (κ3) is 8.77. The van der Waals surface area contributed by atoms with E-state index in [1.54, 1.807) is 6.07 Å². The van der Waals surface area contributed by atoms with Gasteiger partial charge in [-0.25, -0.2) is 8.78 Å². The molecule has 0 saturated heterocycles. The highest BCUT2D eigenvalue weighted by molar-refractivity contribution is 6.42. The van der Waals surface area contributed by atoms with E-state index in [0.29, 0.717) is 10.7 Å². The maximum Gasteiger partial charge on any atom is 0.233 e. The van der Waals surface area contributed by atoms with Gasteiger partial charge in [-0.05, 0) is 59.9 Å². The van der Waals surface area contributed by atoms with Crippen molar-refractivity contribution in [2.24, 2.45) is 5.73 Å². The zero-order valence-corrected chi connectivity index (χ0v) is 22.3. The quantitative estimate of drug-likeness (QED) is 0.282. The Morgan fingerprint density at radius 2 is 1.66 bits per heavy atom. The fourth-order valence-corrected chi connectivity index (χ4v) is 4.25. The van der Waals surface area contributed by atoms with Gasteiger partial charge in [0, 0.05) is 30.9 Å². The van der Waals surface area contributed by atoms with Crippen molar-refractivity contribution in [3.8, 4) is 0 Å². The Hall–Kier alpha value is -3.04. The number of carbonyl (C=O) groups excluding carboxylic acids is 2. The summed E-state index contributed by atoms with van der Waals surface area (Å²) in [6.45, 7) is 1.95. The molecule has 38 heavy (non-hydrogen) atoms. The zero-order chi connectivity index (χ0) is 27.8. The monoisotopic (exact) mass is 563 g/mol. The second-order valence-electron chi connectivity index (χ2n) is 9.01. The molecule has 3 aromatic carbocycles. The van der Waals surface area contributed by atoms with E-state index in [1.807, 2.05) is 31.2 Å². The number of nitrogens with zero attached hydrogens (tertiary/aromatic N) is 1. The van der Waals surface area contributed by atoms with E-state index in [4.69, 9.17) is 28.9 Å². The van der Waals surface area contributed by atoms with Crippen LogP contribution in [0.3, 0.4) is 0 Å². The summed E-state index contributed by atoms with van der Waals surface area (Å²) in [5.41, 5.74) is 8.67. The number of hydrogen-bond acceptors (Lipinski definition) is 4. The van der Waals surface area contributed by atoms with Crippen molar-refractivity contribution in [1.82, 2.24) is 4.90 Å². The lowest BCUT2D eigenvalue weighted by atomic mass is 10.0. The largest absolute Gasteiger partial charge is 0.390 e. The Morgan fingerprint density at radius 3 is 2.32 bits per heavy atom. The molecule has 0 aromatic heterocycles. The molecule has 0 aliphatic rings. The standard InChI is InChI=1S/C28H29Cl2F2N3O3/c1-2-17-4-3-5-18(8-17)15-35(16-26(36)25(33)11-19-9-20(31)12-21(32)10-19)28(38)14-27(37)34-22-6-7-23(29)24(30)13-22/h3-10,12-13,25-26,36H,2,11,14-16,33H2,1H3,(H,34,37)/t25-,26+/m0/s1. The first kappa shape index (κ1) is 29.5. The van der Waals surface area contributed by atoms with Crippen molar-refractivity contribution in [3.63, 3.8) is 0 Å². The van der Waals surface area contributed by atoms with Gasteiger partial charge in [0.2, 0.25) is 11.8 Å². The second kappa shape index (κ2) is 13.7. The van der Waals surface area contributed by atoms with E-state index < -0.39 is 42.0 Å². The van der Waals surface area contributed by atoms with Gasteiger partial charge in [-0.3, -0.25) is 9.59 Å². The van der Waals surface area contributed by atoms with Crippen molar-refractivity contribution in [2.75, 3.05) is 11.9 Å². The average molecular weight is 564 g/mol. The SMILES string of the molecule is CCc1cccc(CN(C[C@@H](O)[C@@H](N)Cc2cc(F)cc(F)c2)C(=O)CC(=O)Nc2ccc(Cl)c(Cl)c2)c1. The Morgan fingerprint density at radius 1 is 0.974 bits per heavy atom. The molecule has 0 spiro atoms. The Labute approximate surface area is 230 Å². The molecule has 0 heterocycles. The van der Waals surface area contributed by atoms with E-state index in [2.05, 4.69) is 5.32 Å². The number of anilines is 1. The van der Waals surface area contributed by atoms with Gasteiger partial charge in [0.05, 0.1) is 16.1 Å². The van der Waals surface area contributed by atoms with E-state index in [-0.39, 0.29) is 30.1 Å². The van der Waals surface area contributed by atoms with Crippen LogP contribution in [-0.2, 0) is 29.0 Å². The number of aliphatic hydroxyl groups is 1. The number of benzene rings is 3. The van der Waals surface area contributed by atoms with Crippen molar-refractivity contribution < 1.29 is 23.5 Å². The van der Waals surface area contributed by atoms with Crippen LogP contribution in [0.25, 0.3) is 0 Å². The number of aliphatic hydroxyl groups excluding tert-OH is 1. The minimum atomic E-state index is -1.22. The number of nitrogens with one attached hydrogen (secondary N) is 1. The number of amides is 2. The molecular formula is C28H29Cl2F2N3O3. The fraction of sp³-hybridized carbons (Fsp3) is 0.286. The van der Waals surface area contributed by atoms with Gasteiger partial charge in [-0.1, -0.05) is 54.4 Å². The first-order chi connectivity index (χ1) is 18.0. The Bertz CT molecular complexity index is 1270. The van der Waals surface area contributed by atoms with Gasteiger partial charge in [-0.2, -0.15) is 0 Å². The van der Waals surface area contributed by atoms with Crippen molar-refractivity contribution >= 4 is 40.7 Å². The fourth-order valence-electron chi connectivity index (χ4n) is 3.95. The zero-order valence-electron chi connectivity index (χ0n) is 20.8. The molecule has 0 bridgehead atoms. The number of carbonyl (C=O) groups is 2. The Balaban J connectivity index is 1.73. The molecule has 0 aliphatic heterocycles. The summed E-state index contributed by atoms with van der Waals surface area (Å²) in [4.78, 5) is 27.2. The maximum atomic E-state index is 13.6. The Kier molecular flexibility index (Phi) is 10.6.